The van der Waals surface area contributed by atoms with E-state index < -0.39 is 35.5 Å². The minimum Gasteiger partial charge on any atom is -0.344 e. The van der Waals surface area contributed by atoms with Gasteiger partial charge < -0.3 is 15.5 Å². The zero-order valence-corrected chi connectivity index (χ0v) is 21.4. The maximum atomic E-state index is 13.5. The van der Waals surface area contributed by atoms with Crippen LogP contribution in [0.5, 0.6) is 0 Å². The number of rotatable bonds is 7. The number of carbonyl (C=O) groups excluding carboxylic acids is 3. The maximum absolute atomic E-state index is 13.5. The second kappa shape index (κ2) is 12.0. The highest BCUT2D eigenvalue weighted by Gasteiger charge is 2.39. The van der Waals surface area contributed by atoms with E-state index >= 15 is 0 Å². The molecule has 0 bridgehead atoms. The van der Waals surface area contributed by atoms with Gasteiger partial charge in [0.25, 0.3) is 0 Å². The van der Waals surface area contributed by atoms with Crippen LogP contribution < -0.4 is 10.6 Å². The van der Waals surface area contributed by atoms with E-state index in [0.29, 0.717) is 13.0 Å². The third-order valence-electron chi connectivity index (χ3n) is 6.93. The van der Waals surface area contributed by atoms with Crippen molar-refractivity contribution in [3.8, 4) is 0 Å². The molecular formula is C30H31F2N3O3. The quantitative estimate of drug-likeness (QED) is 0.497. The molecule has 0 radical (unpaired) electrons. The highest BCUT2D eigenvalue weighted by atomic mass is 19.1. The predicted molar refractivity (Wildman–Crippen MR) is 140 cm³/mol. The summed E-state index contributed by atoms with van der Waals surface area (Å²) in [5.41, 5.74) is 2.21. The molecule has 38 heavy (non-hydrogen) atoms. The van der Waals surface area contributed by atoms with E-state index in [1.807, 2.05) is 60.7 Å². The minimum absolute atomic E-state index is 0.0704. The van der Waals surface area contributed by atoms with Crippen molar-refractivity contribution < 1.29 is 23.2 Å². The van der Waals surface area contributed by atoms with Crippen LogP contribution in [0.2, 0.25) is 0 Å². The molecule has 1 saturated heterocycles. The first-order valence-electron chi connectivity index (χ1n) is 12.6. The number of nitrogens with one attached hydrogen (secondary N) is 2. The average molecular weight is 520 g/mol. The van der Waals surface area contributed by atoms with Crippen molar-refractivity contribution in [2.45, 2.75) is 43.7 Å². The van der Waals surface area contributed by atoms with Gasteiger partial charge in [-0.1, -0.05) is 60.7 Å². The lowest BCUT2D eigenvalue weighted by Gasteiger charge is -2.28. The van der Waals surface area contributed by atoms with Gasteiger partial charge in [0, 0.05) is 31.5 Å². The van der Waals surface area contributed by atoms with Crippen molar-refractivity contribution in [1.29, 1.82) is 0 Å². The lowest BCUT2D eigenvalue weighted by Crippen LogP contribution is -2.54. The molecule has 3 amide bonds. The summed E-state index contributed by atoms with van der Waals surface area (Å²) in [6.45, 7) is 2.02. The first-order valence-corrected chi connectivity index (χ1v) is 12.6. The van der Waals surface area contributed by atoms with E-state index in [1.165, 1.54) is 6.92 Å². The number of benzene rings is 3. The zero-order valence-electron chi connectivity index (χ0n) is 21.4. The molecule has 4 rings (SSSR count). The molecule has 0 spiro atoms. The Balaban J connectivity index is 1.51. The van der Waals surface area contributed by atoms with Gasteiger partial charge in [-0.05, 0) is 42.2 Å². The number of hydrogen-bond donors (Lipinski definition) is 2. The second-order valence-corrected chi connectivity index (χ2v) is 9.81. The van der Waals surface area contributed by atoms with Crippen LogP contribution in [-0.4, -0.2) is 48.3 Å². The lowest BCUT2D eigenvalue weighted by atomic mass is 9.82. The summed E-state index contributed by atoms with van der Waals surface area (Å²) >= 11 is 0. The second-order valence-electron chi connectivity index (χ2n) is 9.81. The van der Waals surface area contributed by atoms with Crippen molar-refractivity contribution in [3.05, 3.63) is 107 Å². The van der Waals surface area contributed by atoms with Crippen LogP contribution in [0, 0.1) is 11.6 Å². The highest BCUT2D eigenvalue weighted by Crippen LogP contribution is 2.36. The van der Waals surface area contributed by atoms with Gasteiger partial charge >= 0.3 is 0 Å². The lowest BCUT2D eigenvalue weighted by molar-refractivity contribution is -0.136. The Kier molecular flexibility index (Phi) is 8.51. The largest absolute Gasteiger partial charge is 0.344 e. The van der Waals surface area contributed by atoms with Crippen molar-refractivity contribution >= 4 is 17.7 Å². The molecule has 8 heteroatoms. The maximum Gasteiger partial charge on any atom is 0.245 e. The third kappa shape index (κ3) is 6.62. The van der Waals surface area contributed by atoms with Gasteiger partial charge in [0.2, 0.25) is 17.7 Å². The van der Waals surface area contributed by atoms with Gasteiger partial charge in [0.1, 0.15) is 23.7 Å². The van der Waals surface area contributed by atoms with Crippen molar-refractivity contribution in [3.63, 3.8) is 0 Å². The molecule has 3 aromatic carbocycles. The number of carbonyl (C=O) groups is 3. The van der Waals surface area contributed by atoms with Crippen LogP contribution in [0.1, 0.15) is 41.9 Å². The molecule has 0 unspecified atom stereocenters. The normalized spacial score (nSPS) is 20.4. The molecule has 6 nitrogen and oxygen atoms in total. The van der Waals surface area contributed by atoms with E-state index in [9.17, 15) is 23.2 Å². The Labute approximate surface area is 221 Å². The van der Waals surface area contributed by atoms with Crippen molar-refractivity contribution in [1.82, 2.24) is 15.5 Å². The van der Waals surface area contributed by atoms with E-state index in [2.05, 4.69) is 10.6 Å². The predicted octanol–water partition coefficient (Wildman–Crippen LogP) is 3.93. The summed E-state index contributed by atoms with van der Waals surface area (Å²) in [4.78, 5) is 40.9. The first kappa shape index (κ1) is 27.0. The molecule has 0 saturated carbocycles. The topological polar surface area (TPSA) is 78.5 Å². The van der Waals surface area contributed by atoms with E-state index in [0.717, 1.165) is 29.3 Å². The van der Waals surface area contributed by atoms with Crippen LogP contribution in [0.4, 0.5) is 8.78 Å². The number of amides is 3. The van der Waals surface area contributed by atoms with E-state index in [1.54, 1.807) is 11.9 Å². The Morgan fingerprint density at radius 1 is 0.947 bits per heavy atom. The summed E-state index contributed by atoms with van der Waals surface area (Å²) in [5.74, 6) is -3.08. The summed E-state index contributed by atoms with van der Waals surface area (Å²) in [6, 6.07) is 20.7. The standard InChI is InChI=1S/C30H31F2N3O3/c1-19(33-27(36)15-20-13-24(31)17-25(32)14-20)29(37)34-28-26(22-11-7-4-8-12-22)16-23(18-35(2)30(28)38)21-9-5-3-6-10-21/h3-14,17,19,23,26,28H,15-16,18H2,1-2H3,(H,33,36)(H,34,37)/t19-,23+,26-,28-/m0/s1. The van der Waals surface area contributed by atoms with Gasteiger partial charge in [0.05, 0.1) is 6.42 Å². The summed E-state index contributed by atoms with van der Waals surface area (Å²) in [6.07, 6.45) is 0.351. The number of halogens is 2. The molecule has 0 aromatic heterocycles. The summed E-state index contributed by atoms with van der Waals surface area (Å²) in [7, 11) is 1.73. The van der Waals surface area contributed by atoms with Gasteiger partial charge in [-0.15, -0.1) is 0 Å². The minimum atomic E-state index is -0.969. The fourth-order valence-electron chi connectivity index (χ4n) is 5.04. The van der Waals surface area contributed by atoms with Gasteiger partial charge in [0.15, 0.2) is 0 Å². The number of hydrogen-bond acceptors (Lipinski definition) is 3. The monoisotopic (exact) mass is 519 g/mol. The molecule has 2 N–H and O–H groups in total. The molecule has 3 aromatic rings. The number of likely N-dealkylation sites (N-methyl/N-ethyl adjacent to an activating group) is 1. The Bertz CT molecular complexity index is 1270. The van der Waals surface area contributed by atoms with Gasteiger partial charge in [-0.2, -0.15) is 0 Å². The van der Waals surface area contributed by atoms with Crippen LogP contribution in [0.15, 0.2) is 78.9 Å². The molecule has 4 atom stereocenters. The highest BCUT2D eigenvalue weighted by molar-refractivity contribution is 5.92. The zero-order chi connectivity index (χ0) is 27.2. The molecule has 0 aliphatic carbocycles. The van der Waals surface area contributed by atoms with E-state index in [4.69, 9.17) is 0 Å². The Morgan fingerprint density at radius 3 is 2.13 bits per heavy atom. The Morgan fingerprint density at radius 2 is 1.53 bits per heavy atom. The average Bonchev–Trinajstić information content (AvgIpc) is 3.01. The molecule has 198 valence electrons. The molecule has 1 fully saturated rings. The summed E-state index contributed by atoms with van der Waals surface area (Å²) in [5, 5.41) is 5.45. The third-order valence-corrected chi connectivity index (χ3v) is 6.93. The SMILES string of the molecule is C[C@H](NC(=O)Cc1cc(F)cc(F)c1)C(=O)N[C@@H]1C(=O)N(C)C[C@H](c2ccccc2)C[C@H]1c1ccccc1. The van der Waals surface area contributed by atoms with Crippen LogP contribution in [-0.2, 0) is 20.8 Å². The summed E-state index contributed by atoms with van der Waals surface area (Å²) < 4.78 is 26.9. The van der Waals surface area contributed by atoms with Crippen molar-refractivity contribution in [2.24, 2.45) is 0 Å². The van der Waals surface area contributed by atoms with E-state index in [-0.39, 0.29) is 29.7 Å². The smallest absolute Gasteiger partial charge is 0.245 e. The number of nitrogens with zero attached hydrogens (tertiary/aromatic N) is 1. The fourth-order valence-corrected chi connectivity index (χ4v) is 5.04. The molecule has 1 aliphatic heterocycles. The number of likely N-dealkylation sites (tertiary alicyclic amines) is 1. The fraction of sp³-hybridized carbons (Fsp3) is 0.300. The van der Waals surface area contributed by atoms with Crippen LogP contribution in [0.25, 0.3) is 0 Å². The molecule has 1 heterocycles. The molecular weight excluding hydrogens is 488 g/mol. The van der Waals surface area contributed by atoms with Crippen LogP contribution >= 0.6 is 0 Å². The first-order chi connectivity index (χ1) is 18.2. The Hall–Kier alpha value is -4.07. The van der Waals surface area contributed by atoms with Gasteiger partial charge in [-0.3, -0.25) is 14.4 Å². The van der Waals surface area contributed by atoms with Gasteiger partial charge in [-0.25, -0.2) is 8.78 Å². The molecule has 1 aliphatic rings. The van der Waals surface area contributed by atoms with Crippen molar-refractivity contribution in [2.75, 3.05) is 13.6 Å². The van der Waals surface area contributed by atoms with Crippen LogP contribution in [0.3, 0.4) is 0 Å².